The van der Waals surface area contributed by atoms with Gasteiger partial charge >= 0.3 is 0 Å². The fourth-order valence-corrected chi connectivity index (χ4v) is 3.17. The molecule has 1 heterocycles. The van der Waals surface area contributed by atoms with Gasteiger partial charge in [-0.05, 0) is 25.0 Å². The first-order valence-electron chi connectivity index (χ1n) is 7.49. The number of para-hydroxylation sites is 1. The highest BCUT2D eigenvalue weighted by atomic mass is 16.3. The highest BCUT2D eigenvalue weighted by Gasteiger charge is 2.33. The second-order valence-corrected chi connectivity index (χ2v) is 5.93. The van der Waals surface area contributed by atoms with Crippen molar-refractivity contribution in [2.45, 2.75) is 31.3 Å². The van der Waals surface area contributed by atoms with Crippen molar-refractivity contribution in [1.82, 2.24) is 9.97 Å². The molecule has 1 aromatic heterocycles. The molecule has 0 aliphatic heterocycles. The van der Waals surface area contributed by atoms with Crippen LogP contribution in [0, 0.1) is 0 Å². The predicted molar refractivity (Wildman–Crippen MR) is 85.8 cm³/mol. The highest BCUT2D eigenvalue weighted by Crippen LogP contribution is 2.32. The number of nitrogens with zero attached hydrogens (tertiary/aromatic N) is 3. The van der Waals surface area contributed by atoms with Gasteiger partial charge in [-0.15, -0.1) is 0 Å². The molecule has 0 amide bonds. The number of nitrogens with one attached hydrogen (secondary N) is 1. The van der Waals surface area contributed by atoms with Gasteiger partial charge in [0.05, 0.1) is 11.1 Å². The van der Waals surface area contributed by atoms with Crippen LogP contribution in [0.2, 0.25) is 0 Å². The standard InChI is InChI=1S/C16H22N4O/c1-17-15-18-13-8-4-3-7-12(13)14(19-15)20(2)11-16(21)9-5-6-10-16/h3-4,7-8,21H,5-6,9-11H2,1-2H3,(H,17,18,19). The van der Waals surface area contributed by atoms with Crippen molar-refractivity contribution < 1.29 is 5.11 Å². The van der Waals surface area contributed by atoms with Crippen LogP contribution in [-0.2, 0) is 0 Å². The molecule has 1 fully saturated rings. The first kappa shape index (κ1) is 14.1. The van der Waals surface area contributed by atoms with Crippen molar-refractivity contribution in [2.75, 3.05) is 30.9 Å². The number of fused-ring (bicyclic) bond motifs is 1. The molecule has 0 saturated heterocycles. The molecule has 1 aliphatic rings. The van der Waals surface area contributed by atoms with Crippen LogP contribution in [0.1, 0.15) is 25.7 Å². The van der Waals surface area contributed by atoms with E-state index in [9.17, 15) is 5.11 Å². The lowest BCUT2D eigenvalue weighted by atomic mass is 10.0. The summed E-state index contributed by atoms with van der Waals surface area (Å²) >= 11 is 0. The molecule has 2 N–H and O–H groups in total. The summed E-state index contributed by atoms with van der Waals surface area (Å²) in [6.45, 7) is 0.608. The zero-order valence-corrected chi connectivity index (χ0v) is 12.6. The van der Waals surface area contributed by atoms with Crippen molar-refractivity contribution in [1.29, 1.82) is 0 Å². The third kappa shape index (κ3) is 2.78. The van der Waals surface area contributed by atoms with Gasteiger partial charge in [-0.25, -0.2) is 4.98 Å². The van der Waals surface area contributed by atoms with Gasteiger partial charge < -0.3 is 15.3 Å². The van der Waals surface area contributed by atoms with Crippen molar-refractivity contribution in [2.24, 2.45) is 0 Å². The van der Waals surface area contributed by atoms with Gasteiger partial charge in [0.2, 0.25) is 5.95 Å². The SMILES string of the molecule is CNc1nc(N(C)CC2(O)CCCC2)c2ccccc2n1. The average molecular weight is 286 g/mol. The molecule has 1 aromatic carbocycles. The van der Waals surface area contributed by atoms with E-state index in [1.165, 1.54) is 0 Å². The number of aliphatic hydroxyl groups is 1. The lowest BCUT2D eigenvalue weighted by Crippen LogP contribution is -2.39. The molecule has 5 heteroatoms. The largest absolute Gasteiger partial charge is 0.388 e. The predicted octanol–water partition coefficient (Wildman–Crippen LogP) is 2.41. The number of hydrogen-bond donors (Lipinski definition) is 2. The molecular formula is C16H22N4O. The van der Waals surface area contributed by atoms with E-state index in [0.717, 1.165) is 42.4 Å². The highest BCUT2D eigenvalue weighted by molar-refractivity contribution is 5.90. The number of hydrogen-bond acceptors (Lipinski definition) is 5. The average Bonchev–Trinajstić information content (AvgIpc) is 2.92. The molecule has 21 heavy (non-hydrogen) atoms. The number of rotatable bonds is 4. The molecule has 2 aromatic rings. The van der Waals surface area contributed by atoms with Gasteiger partial charge in [0.1, 0.15) is 5.82 Å². The summed E-state index contributed by atoms with van der Waals surface area (Å²) in [5.41, 5.74) is 0.331. The Balaban J connectivity index is 1.98. The first-order chi connectivity index (χ1) is 10.1. The Bertz CT molecular complexity index is 637. The lowest BCUT2D eigenvalue weighted by Gasteiger charge is -2.30. The Morgan fingerprint density at radius 2 is 1.95 bits per heavy atom. The molecular weight excluding hydrogens is 264 g/mol. The maximum Gasteiger partial charge on any atom is 0.224 e. The number of aromatic nitrogens is 2. The Kier molecular flexibility index (Phi) is 3.68. The van der Waals surface area contributed by atoms with Crippen LogP contribution in [0.15, 0.2) is 24.3 Å². The van der Waals surface area contributed by atoms with Gasteiger partial charge in [-0.1, -0.05) is 25.0 Å². The number of anilines is 2. The third-order valence-electron chi connectivity index (χ3n) is 4.23. The van der Waals surface area contributed by atoms with E-state index in [2.05, 4.69) is 20.2 Å². The van der Waals surface area contributed by atoms with Crippen LogP contribution in [0.3, 0.4) is 0 Å². The Morgan fingerprint density at radius 1 is 1.24 bits per heavy atom. The number of benzene rings is 1. The zero-order valence-electron chi connectivity index (χ0n) is 12.6. The zero-order chi connectivity index (χ0) is 14.9. The smallest absolute Gasteiger partial charge is 0.224 e. The first-order valence-corrected chi connectivity index (χ1v) is 7.49. The monoisotopic (exact) mass is 286 g/mol. The molecule has 3 rings (SSSR count). The van der Waals surface area contributed by atoms with Gasteiger partial charge in [-0.3, -0.25) is 0 Å². The summed E-state index contributed by atoms with van der Waals surface area (Å²) in [5, 5.41) is 14.6. The minimum absolute atomic E-state index is 0.583. The van der Waals surface area contributed by atoms with E-state index in [-0.39, 0.29) is 0 Å². The van der Waals surface area contributed by atoms with Gasteiger partial charge in [0.25, 0.3) is 0 Å². The van der Waals surface area contributed by atoms with Crippen LogP contribution in [0.5, 0.6) is 0 Å². The van der Waals surface area contributed by atoms with Crippen molar-refractivity contribution in [3.8, 4) is 0 Å². The second kappa shape index (κ2) is 5.48. The minimum atomic E-state index is -0.583. The quantitative estimate of drug-likeness (QED) is 0.904. The summed E-state index contributed by atoms with van der Waals surface area (Å²) in [5.74, 6) is 1.47. The van der Waals surface area contributed by atoms with Crippen molar-refractivity contribution in [3.63, 3.8) is 0 Å². The van der Waals surface area contributed by atoms with E-state index < -0.39 is 5.60 Å². The van der Waals surface area contributed by atoms with Crippen LogP contribution in [0.4, 0.5) is 11.8 Å². The molecule has 0 radical (unpaired) electrons. The van der Waals surface area contributed by atoms with E-state index in [4.69, 9.17) is 0 Å². The molecule has 1 aliphatic carbocycles. The molecule has 0 spiro atoms. The molecule has 112 valence electrons. The van der Waals surface area contributed by atoms with Crippen molar-refractivity contribution >= 4 is 22.7 Å². The molecule has 1 saturated carbocycles. The summed E-state index contributed by atoms with van der Waals surface area (Å²) in [6.07, 6.45) is 3.96. The van der Waals surface area contributed by atoms with E-state index in [0.29, 0.717) is 12.5 Å². The van der Waals surface area contributed by atoms with E-state index in [1.807, 2.05) is 38.4 Å². The Morgan fingerprint density at radius 3 is 2.67 bits per heavy atom. The molecule has 0 atom stereocenters. The van der Waals surface area contributed by atoms with Crippen molar-refractivity contribution in [3.05, 3.63) is 24.3 Å². The summed E-state index contributed by atoms with van der Waals surface area (Å²) in [4.78, 5) is 11.1. The molecule has 0 unspecified atom stereocenters. The second-order valence-electron chi connectivity index (χ2n) is 5.93. The fraction of sp³-hybridized carbons (Fsp3) is 0.500. The minimum Gasteiger partial charge on any atom is -0.388 e. The Labute approximate surface area is 125 Å². The number of likely N-dealkylation sites (N-methyl/N-ethyl adjacent to an activating group) is 1. The fourth-order valence-electron chi connectivity index (χ4n) is 3.17. The third-order valence-corrected chi connectivity index (χ3v) is 4.23. The summed E-state index contributed by atoms with van der Waals surface area (Å²) in [7, 11) is 3.81. The maximum absolute atomic E-state index is 10.6. The summed E-state index contributed by atoms with van der Waals surface area (Å²) < 4.78 is 0. The van der Waals surface area contributed by atoms with Crippen LogP contribution in [0.25, 0.3) is 10.9 Å². The van der Waals surface area contributed by atoms with Gasteiger partial charge in [0.15, 0.2) is 0 Å². The van der Waals surface area contributed by atoms with E-state index in [1.54, 1.807) is 0 Å². The maximum atomic E-state index is 10.6. The molecule has 0 bridgehead atoms. The lowest BCUT2D eigenvalue weighted by molar-refractivity contribution is 0.0558. The normalized spacial score (nSPS) is 17.1. The summed E-state index contributed by atoms with van der Waals surface area (Å²) in [6, 6.07) is 7.98. The molecule has 5 nitrogen and oxygen atoms in total. The van der Waals surface area contributed by atoms with Crippen LogP contribution < -0.4 is 10.2 Å². The van der Waals surface area contributed by atoms with Crippen LogP contribution in [-0.4, -0.2) is 41.3 Å². The van der Waals surface area contributed by atoms with Crippen LogP contribution >= 0.6 is 0 Å². The Hall–Kier alpha value is -1.88. The van der Waals surface area contributed by atoms with Gasteiger partial charge in [0, 0.05) is 26.0 Å². The topological polar surface area (TPSA) is 61.3 Å². The van der Waals surface area contributed by atoms with E-state index >= 15 is 0 Å². The van der Waals surface area contributed by atoms with Gasteiger partial charge in [-0.2, -0.15) is 4.98 Å².